The molecule has 28 heavy (non-hydrogen) atoms. The second kappa shape index (κ2) is 9.42. The van der Waals surface area contributed by atoms with Gasteiger partial charge in [-0.25, -0.2) is 0 Å². The maximum Gasteiger partial charge on any atom is 0.185 e. The van der Waals surface area contributed by atoms with Crippen LogP contribution >= 0.6 is 0 Å². The van der Waals surface area contributed by atoms with Crippen LogP contribution < -0.4 is 9.47 Å². The third kappa shape index (κ3) is 5.14. The number of ether oxygens (including phenoxy) is 2. The molecule has 0 atom stereocenters. The second-order valence-electron chi connectivity index (χ2n) is 7.02. The molecule has 1 aliphatic heterocycles. The van der Waals surface area contributed by atoms with Gasteiger partial charge in [0.15, 0.2) is 5.78 Å². The highest BCUT2D eigenvalue weighted by Crippen LogP contribution is 2.25. The molecule has 0 aromatic heterocycles. The Labute approximate surface area is 166 Å². The maximum atomic E-state index is 12.6. The van der Waals surface area contributed by atoms with Gasteiger partial charge in [-0.2, -0.15) is 0 Å². The molecule has 0 radical (unpaired) electrons. The summed E-state index contributed by atoms with van der Waals surface area (Å²) in [5.41, 5.74) is 2.18. The monoisotopic (exact) mass is 381 g/mol. The van der Waals surface area contributed by atoms with E-state index in [9.17, 15) is 9.90 Å². The van der Waals surface area contributed by atoms with Crippen LogP contribution in [0.4, 0.5) is 0 Å². The SMILES string of the molecule is COc1cc(/C=C/C(=O)c2ccc(O)c(CN3CCCCC3)c2)cc(OC)c1. The number of hydrogen-bond donors (Lipinski definition) is 1. The molecule has 1 N–H and O–H groups in total. The first-order valence-electron chi connectivity index (χ1n) is 9.59. The quantitative estimate of drug-likeness (QED) is 0.573. The van der Waals surface area contributed by atoms with E-state index < -0.39 is 0 Å². The number of ketones is 1. The van der Waals surface area contributed by atoms with Gasteiger partial charge in [0, 0.05) is 23.7 Å². The summed E-state index contributed by atoms with van der Waals surface area (Å²) in [5.74, 6) is 1.46. The van der Waals surface area contributed by atoms with Gasteiger partial charge in [-0.05, 0) is 67.9 Å². The van der Waals surface area contributed by atoms with Gasteiger partial charge in [-0.3, -0.25) is 9.69 Å². The summed E-state index contributed by atoms with van der Waals surface area (Å²) in [6, 6.07) is 10.5. The molecular formula is C23H27NO4. The Kier molecular flexibility index (Phi) is 6.71. The molecule has 0 bridgehead atoms. The molecule has 2 aromatic carbocycles. The van der Waals surface area contributed by atoms with Gasteiger partial charge in [0.05, 0.1) is 14.2 Å². The molecule has 0 saturated carbocycles. The normalized spacial score (nSPS) is 14.9. The standard InChI is InChI=1S/C23H27NO4/c1-27-20-12-17(13-21(15-20)28-2)6-8-22(25)18-7-9-23(26)19(14-18)16-24-10-4-3-5-11-24/h6-9,12-15,26H,3-5,10-11,16H2,1-2H3/b8-6+. The number of aromatic hydroxyl groups is 1. The lowest BCUT2D eigenvalue weighted by Gasteiger charge is -2.26. The fourth-order valence-electron chi connectivity index (χ4n) is 3.42. The minimum Gasteiger partial charge on any atom is -0.508 e. The first-order chi connectivity index (χ1) is 13.6. The highest BCUT2D eigenvalue weighted by atomic mass is 16.5. The van der Waals surface area contributed by atoms with E-state index in [1.54, 1.807) is 44.6 Å². The zero-order valence-electron chi connectivity index (χ0n) is 16.5. The van der Waals surface area contributed by atoms with E-state index in [1.807, 2.05) is 12.1 Å². The summed E-state index contributed by atoms with van der Waals surface area (Å²) >= 11 is 0. The summed E-state index contributed by atoms with van der Waals surface area (Å²) in [7, 11) is 3.18. The molecule has 1 aliphatic rings. The van der Waals surface area contributed by atoms with Crippen molar-refractivity contribution in [3.8, 4) is 17.2 Å². The number of piperidine rings is 1. The number of methoxy groups -OCH3 is 2. The van der Waals surface area contributed by atoms with Gasteiger partial charge in [0.1, 0.15) is 17.2 Å². The van der Waals surface area contributed by atoms with Crippen LogP contribution in [-0.4, -0.2) is 43.1 Å². The van der Waals surface area contributed by atoms with Crippen LogP contribution in [0.25, 0.3) is 6.08 Å². The highest BCUT2D eigenvalue weighted by molar-refractivity contribution is 6.07. The molecule has 1 saturated heterocycles. The van der Waals surface area contributed by atoms with Gasteiger partial charge in [0.25, 0.3) is 0 Å². The van der Waals surface area contributed by atoms with E-state index >= 15 is 0 Å². The van der Waals surface area contributed by atoms with Crippen molar-refractivity contribution in [3.63, 3.8) is 0 Å². The molecule has 148 valence electrons. The zero-order valence-corrected chi connectivity index (χ0v) is 16.5. The van der Waals surface area contributed by atoms with Crippen LogP contribution in [0, 0.1) is 0 Å². The van der Waals surface area contributed by atoms with E-state index in [0.717, 1.165) is 24.2 Å². The van der Waals surface area contributed by atoms with E-state index in [4.69, 9.17) is 9.47 Å². The predicted molar refractivity (Wildman–Crippen MR) is 110 cm³/mol. The number of phenols is 1. The molecule has 2 aromatic rings. The van der Waals surface area contributed by atoms with Crippen LogP contribution in [0.2, 0.25) is 0 Å². The number of phenolic OH excluding ortho intramolecular Hbond substituents is 1. The largest absolute Gasteiger partial charge is 0.508 e. The Bertz CT molecular complexity index is 831. The fraction of sp³-hybridized carbons (Fsp3) is 0.348. The van der Waals surface area contributed by atoms with Crippen molar-refractivity contribution in [1.82, 2.24) is 4.90 Å². The molecular weight excluding hydrogens is 354 g/mol. The molecule has 5 nitrogen and oxygen atoms in total. The summed E-state index contributed by atoms with van der Waals surface area (Å²) in [6.07, 6.45) is 6.91. The number of benzene rings is 2. The molecule has 0 unspecified atom stereocenters. The van der Waals surface area contributed by atoms with E-state index in [-0.39, 0.29) is 11.5 Å². The minimum absolute atomic E-state index is 0.110. The van der Waals surface area contributed by atoms with Gasteiger partial charge in [0.2, 0.25) is 0 Å². The topological polar surface area (TPSA) is 59.0 Å². The predicted octanol–water partition coefficient (Wildman–Crippen LogP) is 4.29. The molecule has 0 amide bonds. The van der Waals surface area contributed by atoms with Gasteiger partial charge >= 0.3 is 0 Å². The Balaban J connectivity index is 1.75. The molecule has 3 rings (SSSR count). The summed E-state index contributed by atoms with van der Waals surface area (Å²) in [5, 5.41) is 10.2. The average Bonchev–Trinajstić information content (AvgIpc) is 2.74. The Morgan fingerprint density at radius 3 is 2.36 bits per heavy atom. The average molecular weight is 381 g/mol. The summed E-state index contributed by atoms with van der Waals surface area (Å²) in [4.78, 5) is 15.0. The van der Waals surface area contributed by atoms with Crippen LogP contribution in [0.3, 0.4) is 0 Å². The maximum absolute atomic E-state index is 12.6. The smallest absolute Gasteiger partial charge is 0.185 e. The van der Waals surface area contributed by atoms with Crippen molar-refractivity contribution in [2.75, 3.05) is 27.3 Å². The fourth-order valence-corrected chi connectivity index (χ4v) is 3.42. The van der Waals surface area contributed by atoms with E-state index in [0.29, 0.717) is 23.6 Å². The van der Waals surface area contributed by atoms with Crippen LogP contribution in [-0.2, 0) is 6.54 Å². The first-order valence-corrected chi connectivity index (χ1v) is 9.59. The van der Waals surface area contributed by atoms with E-state index in [1.165, 1.54) is 25.3 Å². The highest BCUT2D eigenvalue weighted by Gasteiger charge is 2.14. The first kappa shape index (κ1) is 20.0. The number of likely N-dealkylation sites (tertiary alicyclic amines) is 1. The van der Waals surface area contributed by atoms with Crippen LogP contribution in [0.5, 0.6) is 17.2 Å². The summed E-state index contributed by atoms with van der Waals surface area (Å²) < 4.78 is 10.5. The number of allylic oxidation sites excluding steroid dienone is 1. The number of nitrogens with zero attached hydrogens (tertiary/aromatic N) is 1. The van der Waals surface area contributed by atoms with Gasteiger partial charge < -0.3 is 14.6 Å². The third-order valence-corrected chi connectivity index (χ3v) is 5.01. The van der Waals surface area contributed by atoms with Crippen molar-refractivity contribution in [2.45, 2.75) is 25.8 Å². The zero-order chi connectivity index (χ0) is 19.9. The Morgan fingerprint density at radius 1 is 1.04 bits per heavy atom. The Morgan fingerprint density at radius 2 is 1.71 bits per heavy atom. The van der Waals surface area contributed by atoms with Crippen molar-refractivity contribution in [2.24, 2.45) is 0 Å². The van der Waals surface area contributed by atoms with Crippen molar-refractivity contribution >= 4 is 11.9 Å². The van der Waals surface area contributed by atoms with Crippen LogP contribution in [0.15, 0.2) is 42.5 Å². The van der Waals surface area contributed by atoms with Gasteiger partial charge in [-0.1, -0.05) is 12.5 Å². The van der Waals surface area contributed by atoms with Gasteiger partial charge in [-0.15, -0.1) is 0 Å². The number of carbonyl (C=O) groups excluding carboxylic acids is 1. The molecule has 0 spiro atoms. The molecule has 0 aliphatic carbocycles. The van der Waals surface area contributed by atoms with Crippen molar-refractivity contribution in [3.05, 3.63) is 59.2 Å². The lowest BCUT2D eigenvalue weighted by atomic mass is 10.0. The van der Waals surface area contributed by atoms with Crippen molar-refractivity contribution < 1.29 is 19.4 Å². The third-order valence-electron chi connectivity index (χ3n) is 5.01. The van der Waals surface area contributed by atoms with Crippen LogP contribution in [0.1, 0.15) is 40.7 Å². The minimum atomic E-state index is -0.110. The number of carbonyl (C=O) groups is 1. The Hall–Kier alpha value is -2.79. The lowest BCUT2D eigenvalue weighted by Crippen LogP contribution is -2.29. The number of hydrogen-bond acceptors (Lipinski definition) is 5. The van der Waals surface area contributed by atoms with Crippen molar-refractivity contribution in [1.29, 1.82) is 0 Å². The molecule has 5 heteroatoms. The molecule has 1 fully saturated rings. The molecule has 1 heterocycles. The van der Waals surface area contributed by atoms with E-state index in [2.05, 4.69) is 4.90 Å². The lowest BCUT2D eigenvalue weighted by molar-refractivity contribution is 0.104. The summed E-state index contributed by atoms with van der Waals surface area (Å²) in [6.45, 7) is 2.74. The second-order valence-corrected chi connectivity index (χ2v) is 7.02. The number of rotatable bonds is 7.